The number of halogens is 1. The van der Waals surface area contributed by atoms with Crippen LogP contribution in [-0.4, -0.2) is 30.7 Å². The van der Waals surface area contributed by atoms with Crippen LogP contribution in [0.2, 0.25) is 5.02 Å². The summed E-state index contributed by atoms with van der Waals surface area (Å²) in [5.41, 5.74) is 1.31. The van der Waals surface area contributed by atoms with Gasteiger partial charge in [0.15, 0.2) is 0 Å². The molecule has 0 atom stereocenters. The van der Waals surface area contributed by atoms with Gasteiger partial charge in [-0.25, -0.2) is 8.42 Å². The highest BCUT2D eigenvalue weighted by Gasteiger charge is 2.32. The van der Waals surface area contributed by atoms with E-state index in [4.69, 9.17) is 16.3 Å². The lowest BCUT2D eigenvalue weighted by atomic mass is 10.0. The fraction of sp³-hybridized carbons (Fsp3) is 0.400. The van der Waals surface area contributed by atoms with Gasteiger partial charge in [-0.15, -0.1) is 0 Å². The minimum Gasteiger partial charge on any atom is -0.456 e. The number of ether oxygens (including phenoxy) is 1. The SMILES string of the molecule is Cc1cc(Cl)c(C(C)C)cc1Oc1ccc([N+](=O)[O-])cc1S(=O)(=O)N1CCCC1. The molecule has 0 N–H and O–H groups in total. The molecule has 2 aromatic carbocycles. The number of hydrogen-bond donors (Lipinski definition) is 0. The van der Waals surface area contributed by atoms with Crippen LogP contribution in [0.5, 0.6) is 11.5 Å². The summed E-state index contributed by atoms with van der Waals surface area (Å²) in [7, 11) is -3.92. The highest BCUT2D eigenvalue weighted by Crippen LogP contribution is 2.38. The predicted molar refractivity (Wildman–Crippen MR) is 111 cm³/mol. The van der Waals surface area contributed by atoms with E-state index in [1.165, 1.54) is 16.4 Å². The van der Waals surface area contributed by atoms with Crippen LogP contribution in [-0.2, 0) is 10.0 Å². The zero-order chi connectivity index (χ0) is 21.3. The zero-order valence-electron chi connectivity index (χ0n) is 16.5. The van der Waals surface area contributed by atoms with E-state index in [-0.39, 0.29) is 22.3 Å². The molecular formula is C20H23ClN2O5S. The lowest BCUT2D eigenvalue weighted by molar-refractivity contribution is -0.385. The van der Waals surface area contributed by atoms with E-state index < -0.39 is 14.9 Å². The van der Waals surface area contributed by atoms with Gasteiger partial charge in [-0.3, -0.25) is 10.1 Å². The molecule has 1 saturated heterocycles. The third kappa shape index (κ3) is 4.39. The van der Waals surface area contributed by atoms with Crippen LogP contribution in [0, 0.1) is 17.0 Å². The van der Waals surface area contributed by atoms with Gasteiger partial charge >= 0.3 is 0 Å². The summed E-state index contributed by atoms with van der Waals surface area (Å²) in [6.07, 6.45) is 1.52. The number of sulfonamides is 1. The Morgan fingerprint density at radius 1 is 1.14 bits per heavy atom. The molecule has 3 rings (SSSR count). The van der Waals surface area contributed by atoms with Crippen molar-refractivity contribution in [3.05, 3.63) is 56.6 Å². The second-order valence-electron chi connectivity index (χ2n) is 7.40. The maximum Gasteiger partial charge on any atom is 0.271 e. The normalized spacial score (nSPS) is 15.1. The maximum absolute atomic E-state index is 13.1. The lowest BCUT2D eigenvalue weighted by Gasteiger charge is -2.19. The number of aryl methyl sites for hydroxylation is 1. The average molecular weight is 439 g/mol. The van der Waals surface area contributed by atoms with Crippen molar-refractivity contribution in [3.63, 3.8) is 0 Å². The summed E-state index contributed by atoms with van der Waals surface area (Å²) in [5, 5.41) is 11.8. The molecule has 1 aliphatic rings. The van der Waals surface area contributed by atoms with Gasteiger partial charge in [0, 0.05) is 30.2 Å². The van der Waals surface area contributed by atoms with Gasteiger partial charge in [0.05, 0.1) is 4.92 Å². The lowest BCUT2D eigenvalue weighted by Crippen LogP contribution is -2.28. The minimum atomic E-state index is -3.92. The predicted octanol–water partition coefficient (Wildman–Crippen LogP) is 5.26. The number of nitro benzene ring substituents is 1. The molecule has 0 spiro atoms. The first-order valence-corrected chi connectivity index (χ1v) is 11.2. The van der Waals surface area contributed by atoms with Gasteiger partial charge in [-0.1, -0.05) is 25.4 Å². The minimum absolute atomic E-state index is 0.0580. The Hall–Kier alpha value is -2.16. The number of hydrogen-bond acceptors (Lipinski definition) is 5. The fourth-order valence-corrected chi connectivity index (χ4v) is 5.39. The molecule has 29 heavy (non-hydrogen) atoms. The van der Waals surface area contributed by atoms with Crippen molar-refractivity contribution in [2.75, 3.05) is 13.1 Å². The standard InChI is InChI=1S/C20H23ClN2O5S/c1-13(2)16-12-19(14(3)10-17(16)21)28-18-7-6-15(23(24)25)11-20(18)29(26,27)22-8-4-5-9-22/h6-7,10-13H,4-5,8-9H2,1-3H3. The molecule has 0 radical (unpaired) electrons. The Morgan fingerprint density at radius 3 is 2.38 bits per heavy atom. The van der Waals surface area contributed by atoms with Gasteiger partial charge < -0.3 is 4.74 Å². The molecule has 0 amide bonds. The molecule has 1 heterocycles. The topological polar surface area (TPSA) is 89.7 Å². The first-order valence-electron chi connectivity index (χ1n) is 9.37. The molecule has 1 aliphatic heterocycles. The molecule has 156 valence electrons. The highest BCUT2D eigenvalue weighted by atomic mass is 35.5. The van der Waals surface area contributed by atoms with E-state index in [2.05, 4.69) is 0 Å². The molecule has 9 heteroatoms. The third-order valence-electron chi connectivity index (χ3n) is 4.96. The number of nitro groups is 1. The van der Waals surface area contributed by atoms with Gasteiger partial charge in [0.1, 0.15) is 16.4 Å². The Bertz CT molecular complexity index is 1050. The van der Waals surface area contributed by atoms with Crippen LogP contribution in [0.3, 0.4) is 0 Å². The van der Waals surface area contributed by atoms with Crippen LogP contribution >= 0.6 is 11.6 Å². The van der Waals surface area contributed by atoms with Crippen LogP contribution < -0.4 is 4.74 Å². The Morgan fingerprint density at radius 2 is 1.79 bits per heavy atom. The van der Waals surface area contributed by atoms with Crippen LogP contribution in [0.1, 0.15) is 43.7 Å². The summed E-state index contributed by atoms with van der Waals surface area (Å²) < 4.78 is 33.6. The van der Waals surface area contributed by atoms with Crippen molar-refractivity contribution in [3.8, 4) is 11.5 Å². The van der Waals surface area contributed by atoms with E-state index in [1.807, 2.05) is 20.8 Å². The highest BCUT2D eigenvalue weighted by molar-refractivity contribution is 7.89. The smallest absolute Gasteiger partial charge is 0.271 e. The van der Waals surface area contributed by atoms with Crippen molar-refractivity contribution in [2.24, 2.45) is 0 Å². The number of nitrogens with zero attached hydrogens (tertiary/aromatic N) is 2. The second kappa shape index (κ2) is 8.30. The summed E-state index contributed by atoms with van der Waals surface area (Å²) >= 11 is 6.31. The third-order valence-corrected chi connectivity index (χ3v) is 7.20. The summed E-state index contributed by atoms with van der Waals surface area (Å²) in [6, 6.07) is 7.21. The molecule has 0 aliphatic carbocycles. The van der Waals surface area contributed by atoms with Crippen LogP contribution in [0.15, 0.2) is 35.2 Å². The first kappa shape index (κ1) is 21.5. The van der Waals surface area contributed by atoms with E-state index in [0.717, 1.165) is 30.0 Å². The summed E-state index contributed by atoms with van der Waals surface area (Å²) in [4.78, 5) is 10.4. The molecule has 2 aromatic rings. The van der Waals surface area contributed by atoms with E-state index >= 15 is 0 Å². The van der Waals surface area contributed by atoms with E-state index in [1.54, 1.807) is 12.1 Å². The summed E-state index contributed by atoms with van der Waals surface area (Å²) in [6.45, 7) is 6.58. The van der Waals surface area contributed by atoms with Crippen LogP contribution in [0.25, 0.3) is 0 Å². The van der Waals surface area contributed by atoms with E-state index in [0.29, 0.717) is 23.9 Å². The number of non-ortho nitro benzene ring substituents is 1. The Balaban J connectivity index is 2.11. The molecule has 1 fully saturated rings. The van der Waals surface area contributed by atoms with Crippen molar-refractivity contribution in [2.45, 2.75) is 44.4 Å². The van der Waals surface area contributed by atoms with Crippen molar-refractivity contribution in [1.82, 2.24) is 4.31 Å². The number of rotatable bonds is 6. The van der Waals surface area contributed by atoms with E-state index in [9.17, 15) is 18.5 Å². The second-order valence-corrected chi connectivity index (χ2v) is 9.71. The average Bonchev–Trinajstić information content (AvgIpc) is 3.19. The van der Waals surface area contributed by atoms with Gasteiger partial charge in [-0.2, -0.15) is 4.31 Å². The Labute approximate surface area is 175 Å². The van der Waals surface area contributed by atoms with Crippen molar-refractivity contribution < 1.29 is 18.1 Å². The summed E-state index contributed by atoms with van der Waals surface area (Å²) in [5.74, 6) is 0.669. The quantitative estimate of drug-likeness (QED) is 0.453. The van der Waals surface area contributed by atoms with Gasteiger partial charge in [-0.05, 0) is 55.0 Å². The van der Waals surface area contributed by atoms with Gasteiger partial charge in [0.2, 0.25) is 10.0 Å². The first-order chi connectivity index (χ1) is 13.6. The molecule has 0 bridgehead atoms. The van der Waals surface area contributed by atoms with Crippen LogP contribution in [0.4, 0.5) is 5.69 Å². The van der Waals surface area contributed by atoms with Crippen molar-refractivity contribution in [1.29, 1.82) is 0 Å². The molecule has 7 nitrogen and oxygen atoms in total. The largest absolute Gasteiger partial charge is 0.456 e. The fourth-order valence-electron chi connectivity index (χ4n) is 3.30. The molecule has 0 aromatic heterocycles. The molecule has 0 unspecified atom stereocenters. The maximum atomic E-state index is 13.1. The molecule has 0 saturated carbocycles. The monoisotopic (exact) mass is 438 g/mol. The number of benzene rings is 2. The zero-order valence-corrected chi connectivity index (χ0v) is 18.1. The van der Waals surface area contributed by atoms with Gasteiger partial charge in [0.25, 0.3) is 5.69 Å². The van der Waals surface area contributed by atoms with Crippen molar-refractivity contribution >= 4 is 27.3 Å². The molecular weight excluding hydrogens is 416 g/mol. The Kier molecular flexibility index (Phi) is 6.16.